The number of aromatic amines is 1. The number of fused-ring (bicyclic) bond motifs is 1. The molecule has 1 amide bonds. The summed E-state index contributed by atoms with van der Waals surface area (Å²) in [5.41, 5.74) is 1.44. The molecule has 1 aliphatic rings. The van der Waals surface area contributed by atoms with E-state index >= 15 is 0 Å². The summed E-state index contributed by atoms with van der Waals surface area (Å²) < 4.78 is 28.5. The third-order valence-electron chi connectivity index (χ3n) is 4.72. The normalized spacial score (nSPS) is 16.1. The number of halogens is 1. The summed E-state index contributed by atoms with van der Waals surface area (Å²) >= 11 is 4.72. The zero-order valence-corrected chi connectivity index (χ0v) is 17.5. The predicted octanol–water partition coefficient (Wildman–Crippen LogP) is 3.58. The molecular formula is C18H18BrN3O3S2. The lowest BCUT2D eigenvalue weighted by atomic mass is 10.1. The summed E-state index contributed by atoms with van der Waals surface area (Å²) in [7, 11) is -3.48. The van der Waals surface area contributed by atoms with E-state index in [9.17, 15) is 13.2 Å². The van der Waals surface area contributed by atoms with Crippen LogP contribution < -0.4 is 4.72 Å². The number of piperidine rings is 1. The molecule has 0 saturated carbocycles. The first-order valence-corrected chi connectivity index (χ1v) is 11.7. The van der Waals surface area contributed by atoms with Crippen molar-refractivity contribution in [3.63, 3.8) is 0 Å². The van der Waals surface area contributed by atoms with E-state index in [1.807, 2.05) is 24.3 Å². The summed E-state index contributed by atoms with van der Waals surface area (Å²) in [6.07, 6.45) is 1.18. The Morgan fingerprint density at radius 2 is 1.93 bits per heavy atom. The van der Waals surface area contributed by atoms with E-state index in [0.29, 0.717) is 35.8 Å². The first kappa shape index (κ1) is 18.7. The van der Waals surface area contributed by atoms with Crippen LogP contribution in [0.1, 0.15) is 23.3 Å². The van der Waals surface area contributed by atoms with Crippen LogP contribution in [-0.4, -0.2) is 43.3 Å². The second-order valence-electron chi connectivity index (χ2n) is 6.48. The Hall–Kier alpha value is -1.68. The number of H-pyrrole nitrogens is 1. The molecule has 0 bridgehead atoms. The predicted molar refractivity (Wildman–Crippen MR) is 110 cm³/mol. The van der Waals surface area contributed by atoms with Crippen LogP contribution >= 0.6 is 27.3 Å². The fourth-order valence-electron chi connectivity index (χ4n) is 3.31. The maximum atomic E-state index is 12.9. The second-order valence-corrected chi connectivity index (χ2v) is 10.2. The topological polar surface area (TPSA) is 82.3 Å². The zero-order valence-electron chi connectivity index (χ0n) is 14.3. The Morgan fingerprint density at radius 1 is 1.19 bits per heavy atom. The van der Waals surface area contributed by atoms with Gasteiger partial charge in [0.25, 0.3) is 5.91 Å². The van der Waals surface area contributed by atoms with Gasteiger partial charge in [0, 0.05) is 30.0 Å². The van der Waals surface area contributed by atoms with Gasteiger partial charge in [-0.1, -0.05) is 24.3 Å². The van der Waals surface area contributed by atoms with E-state index in [-0.39, 0.29) is 11.9 Å². The van der Waals surface area contributed by atoms with Crippen molar-refractivity contribution in [1.29, 1.82) is 0 Å². The van der Waals surface area contributed by atoms with Crippen molar-refractivity contribution in [3.05, 3.63) is 51.9 Å². The lowest BCUT2D eigenvalue weighted by molar-refractivity contribution is 0.0705. The number of likely N-dealkylation sites (tertiary alicyclic amines) is 1. The van der Waals surface area contributed by atoms with Crippen molar-refractivity contribution in [3.8, 4) is 0 Å². The zero-order chi connectivity index (χ0) is 19.0. The number of sulfonamides is 1. The Bertz CT molecular complexity index is 1070. The minimum absolute atomic E-state index is 0.0716. The van der Waals surface area contributed by atoms with Crippen molar-refractivity contribution in [2.75, 3.05) is 13.1 Å². The Morgan fingerprint density at radius 3 is 2.59 bits per heavy atom. The molecule has 0 radical (unpaired) electrons. The number of nitrogens with one attached hydrogen (secondary N) is 2. The third-order valence-corrected chi connectivity index (χ3v) is 8.46. The first-order chi connectivity index (χ1) is 13.0. The standard InChI is InChI=1S/C18H18BrN3O3S2/c19-16-13-4-1-2-5-14(13)20-17(16)18(23)22-9-7-12(8-10-22)21-27(24,25)15-6-3-11-26-15/h1-6,11-12,20-21H,7-10H2. The average Bonchev–Trinajstić information content (AvgIpc) is 3.31. The largest absolute Gasteiger partial charge is 0.350 e. The maximum Gasteiger partial charge on any atom is 0.271 e. The van der Waals surface area contributed by atoms with Crippen LogP contribution in [0.3, 0.4) is 0 Å². The van der Waals surface area contributed by atoms with E-state index in [4.69, 9.17) is 0 Å². The number of benzene rings is 1. The average molecular weight is 468 g/mol. The maximum absolute atomic E-state index is 12.9. The van der Waals surface area contributed by atoms with Crippen LogP contribution in [0.15, 0.2) is 50.5 Å². The summed E-state index contributed by atoms with van der Waals surface area (Å²) in [6, 6.07) is 10.9. The molecule has 0 spiro atoms. The van der Waals surface area contributed by atoms with Crippen LogP contribution in [0.2, 0.25) is 0 Å². The van der Waals surface area contributed by atoms with Crippen molar-refractivity contribution < 1.29 is 13.2 Å². The number of hydrogen-bond acceptors (Lipinski definition) is 4. The number of para-hydroxylation sites is 1. The molecule has 0 aliphatic carbocycles. The minimum Gasteiger partial charge on any atom is -0.350 e. The molecule has 1 aliphatic heterocycles. The fraction of sp³-hybridized carbons (Fsp3) is 0.278. The highest BCUT2D eigenvalue weighted by Crippen LogP contribution is 2.29. The van der Waals surface area contributed by atoms with Gasteiger partial charge in [-0.3, -0.25) is 4.79 Å². The van der Waals surface area contributed by atoms with E-state index < -0.39 is 10.0 Å². The third kappa shape index (κ3) is 3.69. The first-order valence-electron chi connectivity index (χ1n) is 8.57. The number of rotatable bonds is 4. The molecule has 2 aromatic heterocycles. The fourth-order valence-corrected chi connectivity index (χ4v) is 6.24. The summed E-state index contributed by atoms with van der Waals surface area (Å²) in [6.45, 7) is 1.02. The smallest absolute Gasteiger partial charge is 0.271 e. The molecule has 142 valence electrons. The van der Waals surface area contributed by atoms with Gasteiger partial charge in [0.1, 0.15) is 9.90 Å². The second kappa shape index (κ2) is 7.38. The molecule has 1 aromatic carbocycles. The Labute approximate surface area is 169 Å². The Balaban J connectivity index is 1.43. The van der Waals surface area contributed by atoms with Gasteiger partial charge in [0.2, 0.25) is 10.0 Å². The van der Waals surface area contributed by atoms with Gasteiger partial charge in [0.15, 0.2) is 0 Å². The van der Waals surface area contributed by atoms with Crippen LogP contribution in [0, 0.1) is 0 Å². The van der Waals surface area contributed by atoms with Crippen LogP contribution in [-0.2, 0) is 10.0 Å². The van der Waals surface area contributed by atoms with Gasteiger partial charge in [-0.05, 0) is 46.3 Å². The summed E-state index contributed by atoms with van der Waals surface area (Å²) in [4.78, 5) is 17.8. The van der Waals surface area contributed by atoms with Gasteiger partial charge in [-0.15, -0.1) is 11.3 Å². The van der Waals surface area contributed by atoms with E-state index in [1.165, 1.54) is 11.3 Å². The molecule has 1 saturated heterocycles. The molecule has 2 N–H and O–H groups in total. The number of aromatic nitrogens is 1. The van der Waals surface area contributed by atoms with Gasteiger partial charge in [-0.25, -0.2) is 13.1 Å². The summed E-state index contributed by atoms with van der Waals surface area (Å²) in [5, 5.41) is 2.72. The molecule has 3 heterocycles. The molecule has 9 heteroatoms. The molecule has 1 fully saturated rings. The number of amides is 1. The molecule has 3 aromatic rings. The number of nitrogens with zero attached hydrogens (tertiary/aromatic N) is 1. The van der Waals surface area contributed by atoms with E-state index in [2.05, 4.69) is 25.6 Å². The Kier molecular flexibility index (Phi) is 5.11. The molecule has 0 atom stereocenters. The molecule has 6 nitrogen and oxygen atoms in total. The number of hydrogen-bond donors (Lipinski definition) is 2. The summed E-state index contributed by atoms with van der Waals surface area (Å²) in [5.74, 6) is -0.0716. The van der Waals surface area contributed by atoms with Crippen molar-refractivity contribution in [2.24, 2.45) is 0 Å². The molecular weight excluding hydrogens is 450 g/mol. The van der Waals surface area contributed by atoms with Crippen LogP contribution in [0.4, 0.5) is 0 Å². The highest BCUT2D eigenvalue weighted by Gasteiger charge is 2.29. The molecule has 4 rings (SSSR count). The van der Waals surface area contributed by atoms with Gasteiger partial charge < -0.3 is 9.88 Å². The number of carbonyl (C=O) groups is 1. The van der Waals surface area contributed by atoms with Crippen molar-refractivity contribution in [1.82, 2.24) is 14.6 Å². The van der Waals surface area contributed by atoms with E-state index in [1.54, 1.807) is 22.4 Å². The number of carbonyl (C=O) groups excluding carboxylic acids is 1. The highest BCUT2D eigenvalue weighted by atomic mass is 79.9. The highest BCUT2D eigenvalue weighted by molar-refractivity contribution is 9.10. The van der Waals surface area contributed by atoms with Crippen molar-refractivity contribution in [2.45, 2.75) is 23.1 Å². The lowest BCUT2D eigenvalue weighted by Gasteiger charge is -2.32. The van der Waals surface area contributed by atoms with Gasteiger partial charge in [0.05, 0.1) is 4.47 Å². The van der Waals surface area contributed by atoms with Crippen molar-refractivity contribution >= 4 is 54.1 Å². The molecule has 27 heavy (non-hydrogen) atoms. The lowest BCUT2D eigenvalue weighted by Crippen LogP contribution is -2.46. The van der Waals surface area contributed by atoms with Crippen LogP contribution in [0.5, 0.6) is 0 Å². The minimum atomic E-state index is -3.48. The number of thiophene rings is 1. The SMILES string of the molecule is O=C(c1[nH]c2ccccc2c1Br)N1CCC(NS(=O)(=O)c2cccs2)CC1. The van der Waals surface area contributed by atoms with Crippen LogP contribution in [0.25, 0.3) is 10.9 Å². The quantitative estimate of drug-likeness (QED) is 0.614. The van der Waals surface area contributed by atoms with Gasteiger partial charge in [-0.2, -0.15) is 0 Å². The van der Waals surface area contributed by atoms with Gasteiger partial charge >= 0.3 is 0 Å². The molecule has 0 unspecified atom stereocenters. The van der Waals surface area contributed by atoms with E-state index in [0.717, 1.165) is 15.4 Å². The monoisotopic (exact) mass is 467 g/mol.